The summed E-state index contributed by atoms with van der Waals surface area (Å²) in [6.07, 6.45) is 7.46. The van der Waals surface area contributed by atoms with Crippen LogP contribution in [-0.4, -0.2) is 5.71 Å². The highest BCUT2D eigenvalue weighted by molar-refractivity contribution is 5.79. The van der Waals surface area contributed by atoms with E-state index in [0.29, 0.717) is 0 Å². The molecule has 0 aliphatic rings. The molecule has 0 heterocycles. The summed E-state index contributed by atoms with van der Waals surface area (Å²) in [4.78, 5) is 4.11. The number of nitrogens with zero attached hydrogens (tertiary/aromatic N) is 1. The SMILES string of the molecule is C=C/C=C(C)/C=C\N=C(C)C. The molecule has 0 rings (SSSR count). The van der Waals surface area contributed by atoms with Crippen molar-refractivity contribution in [2.45, 2.75) is 20.8 Å². The minimum Gasteiger partial charge on any atom is -0.266 e. The topological polar surface area (TPSA) is 12.4 Å². The summed E-state index contributed by atoms with van der Waals surface area (Å²) in [7, 11) is 0. The third-order valence-corrected chi connectivity index (χ3v) is 1.05. The van der Waals surface area contributed by atoms with Gasteiger partial charge in [-0.2, -0.15) is 0 Å². The van der Waals surface area contributed by atoms with Crippen molar-refractivity contribution in [3.63, 3.8) is 0 Å². The lowest BCUT2D eigenvalue weighted by Gasteiger charge is -1.86. The first-order valence-corrected chi connectivity index (χ1v) is 3.63. The Morgan fingerprint density at radius 2 is 1.91 bits per heavy atom. The first-order chi connectivity index (χ1) is 5.16. The zero-order valence-electron chi connectivity index (χ0n) is 7.46. The summed E-state index contributed by atoms with van der Waals surface area (Å²) in [5.74, 6) is 0. The van der Waals surface area contributed by atoms with E-state index >= 15 is 0 Å². The van der Waals surface area contributed by atoms with Crippen LogP contribution in [0, 0.1) is 0 Å². The lowest BCUT2D eigenvalue weighted by Crippen LogP contribution is -1.75. The van der Waals surface area contributed by atoms with Gasteiger partial charge in [0.25, 0.3) is 0 Å². The fraction of sp³-hybridized carbons (Fsp3) is 0.300. The molecule has 0 aliphatic heterocycles. The van der Waals surface area contributed by atoms with Crippen molar-refractivity contribution in [3.05, 3.63) is 36.6 Å². The van der Waals surface area contributed by atoms with Crippen LogP contribution in [0.3, 0.4) is 0 Å². The van der Waals surface area contributed by atoms with Crippen LogP contribution in [0.25, 0.3) is 0 Å². The van der Waals surface area contributed by atoms with Crippen LogP contribution in [-0.2, 0) is 0 Å². The molecule has 60 valence electrons. The second kappa shape index (κ2) is 5.66. The fourth-order valence-corrected chi connectivity index (χ4v) is 0.545. The maximum absolute atomic E-state index is 4.11. The molecule has 0 N–H and O–H groups in total. The Morgan fingerprint density at radius 1 is 1.27 bits per heavy atom. The molecule has 0 saturated carbocycles. The zero-order chi connectivity index (χ0) is 8.69. The quantitative estimate of drug-likeness (QED) is 0.432. The lowest BCUT2D eigenvalue weighted by molar-refractivity contribution is 1.44. The normalized spacial score (nSPS) is 11.7. The van der Waals surface area contributed by atoms with Crippen molar-refractivity contribution < 1.29 is 0 Å². The maximum Gasteiger partial charge on any atom is 0.0269 e. The highest BCUT2D eigenvalue weighted by Crippen LogP contribution is 1.94. The van der Waals surface area contributed by atoms with Gasteiger partial charge in [-0.15, -0.1) is 0 Å². The van der Waals surface area contributed by atoms with Gasteiger partial charge >= 0.3 is 0 Å². The van der Waals surface area contributed by atoms with Crippen molar-refractivity contribution in [1.82, 2.24) is 0 Å². The van der Waals surface area contributed by atoms with Gasteiger partial charge in [0.2, 0.25) is 0 Å². The van der Waals surface area contributed by atoms with Crippen LogP contribution in [0.15, 0.2) is 41.6 Å². The third kappa shape index (κ3) is 6.78. The van der Waals surface area contributed by atoms with E-state index in [1.807, 2.05) is 32.9 Å². The van der Waals surface area contributed by atoms with E-state index < -0.39 is 0 Å². The molecule has 0 aromatic carbocycles. The van der Waals surface area contributed by atoms with Crippen LogP contribution in [0.2, 0.25) is 0 Å². The van der Waals surface area contributed by atoms with Crippen LogP contribution in [0.1, 0.15) is 20.8 Å². The van der Waals surface area contributed by atoms with E-state index in [1.165, 1.54) is 0 Å². The molecule has 0 aromatic heterocycles. The predicted molar refractivity (Wildman–Crippen MR) is 51.9 cm³/mol. The Labute approximate surface area is 68.9 Å². The first kappa shape index (κ1) is 9.89. The number of hydrogen-bond acceptors (Lipinski definition) is 1. The van der Waals surface area contributed by atoms with E-state index in [1.54, 1.807) is 12.3 Å². The molecule has 0 aromatic rings. The largest absolute Gasteiger partial charge is 0.266 e. The molecule has 0 saturated heterocycles. The van der Waals surface area contributed by atoms with Crippen molar-refractivity contribution in [3.8, 4) is 0 Å². The van der Waals surface area contributed by atoms with E-state index in [2.05, 4.69) is 11.6 Å². The Bertz CT molecular complexity index is 203. The van der Waals surface area contributed by atoms with E-state index in [-0.39, 0.29) is 0 Å². The average Bonchev–Trinajstić information content (AvgIpc) is 1.87. The van der Waals surface area contributed by atoms with Gasteiger partial charge < -0.3 is 0 Å². The van der Waals surface area contributed by atoms with Gasteiger partial charge in [0.05, 0.1) is 0 Å². The molecule has 0 fully saturated rings. The zero-order valence-corrected chi connectivity index (χ0v) is 7.46. The molecule has 1 nitrogen and oxygen atoms in total. The molecule has 0 aliphatic carbocycles. The van der Waals surface area contributed by atoms with Gasteiger partial charge in [0, 0.05) is 11.9 Å². The Morgan fingerprint density at radius 3 is 2.36 bits per heavy atom. The molecule has 0 bridgehead atoms. The van der Waals surface area contributed by atoms with E-state index in [4.69, 9.17) is 0 Å². The van der Waals surface area contributed by atoms with Gasteiger partial charge in [-0.05, 0) is 32.4 Å². The van der Waals surface area contributed by atoms with Crippen molar-refractivity contribution >= 4 is 5.71 Å². The Hall–Kier alpha value is -1.11. The van der Waals surface area contributed by atoms with Crippen LogP contribution < -0.4 is 0 Å². The summed E-state index contributed by atoms with van der Waals surface area (Å²) < 4.78 is 0. The van der Waals surface area contributed by atoms with Crippen molar-refractivity contribution in [2.75, 3.05) is 0 Å². The molecule has 0 amide bonds. The molecule has 0 radical (unpaired) electrons. The number of aliphatic imine (C=N–C) groups is 1. The molecular formula is C10H15N. The lowest BCUT2D eigenvalue weighted by atomic mass is 10.3. The van der Waals surface area contributed by atoms with Gasteiger partial charge in [0.15, 0.2) is 0 Å². The highest BCUT2D eigenvalue weighted by Gasteiger charge is 1.76. The number of rotatable bonds is 3. The Balaban J connectivity index is 4.03. The smallest absolute Gasteiger partial charge is 0.0269 e. The molecule has 0 spiro atoms. The van der Waals surface area contributed by atoms with Crippen LogP contribution >= 0.6 is 0 Å². The third-order valence-electron chi connectivity index (χ3n) is 1.05. The summed E-state index contributed by atoms with van der Waals surface area (Å²) in [6.45, 7) is 9.55. The molecule has 1 heteroatoms. The monoisotopic (exact) mass is 149 g/mol. The first-order valence-electron chi connectivity index (χ1n) is 3.63. The molecule has 11 heavy (non-hydrogen) atoms. The van der Waals surface area contributed by atoms with Crippen LogP contribution in [0.4, 0.5) is 0 Å². The maximum atomic E-state index is 4.11. The van der Waals surface area contributed by atoms with Gasteiger partial charge in [-0.1, -0.05) is 18.7 Å². The minimum atomic E-state index is 1.06. The highest BCUT2D eigenvalue weighted by atomic mass is 14.7. The summed E-state index contributed by atoms with van der Waals surface area (Å²) >= 11 is 0. The standard InChI is InChI=1S/C10H15N/c1-5-6-10(4)7-8-11-9(2)3/h5-8H,1H2,2-4H3/b8-7-,10-6+. The van der Waals surface area contributed by atoms with Gasteiger partial charge in [-0.25, -0.2) is 0 Å². The molecule has 0 atom stereocenters. The second-order valence-electron chi connectivity index (χ2n) is 2.54. The van der Waals surface area contributed by atoms with E-state index in [9.17, 15) is 0 Å². The van der Waals surface area contributed by atoms with Gasteiger partial charge in [0.1, 0.15) is 0 Å². The minimum absolute atomic E-state index is 1.06. The van der Waals surface area contributed by atoms with Crippen molar-refractivity contribution in [2.24, 2.45) is 4.99 Å². The Kier molecular flexibility index (Phi) is 5.09. The number of hydrogen-bond donors (Lipinski definition) is 0. The average molecular weight is 149 g/mol. The van der Waals surface area contributed by atoms with Gasteiger partial charge in [-0.3, -0.25) is 4.99 Å². The summed E-state index contributed by atoms with van der Waals surface area (Å²) in [5.41, 5.74) is 2.22. The summed E-state index contributed by atoms with van der Waals surface area (Å²) in [5, 5.41) is 0. The van der Waals surface area contributed by atoms with E-state index in [0.717, 1.165) is 11.3 Å². The molecule has 0 unspecified atom stereocenters. The summed E-state index contributed by atoms with van der Waals surface area (Å²) in [6, 6.07) is 0. The van der Waals surface area contributed by atoms with Crippen molar-refractivity contribution in [1.29, 1.82) is 0 Å². The second-order valence-corrected chi connectivity index (χ2v) is 2.54. The fourth-order valence-electron chi connectivity index (χ4n) is 0.545. The molecular weight excluding hydrogens is 134 g/mol. The predicted octanol–water partition coefficient (Wildman–Crippen LogP) is 3.11. The van der Waals surface area contributed by atoms with Crippen LogP contribution in [0.5, 0.6) is 0 Å². The number of allylic oxidation sites excluding steroid dienone is 4.